The van der Waals surface area contributed by atoms with Gasteiger partial charge < -0.3 is 10.1 Å². The average molecular weight is 241 g/mol. The fourth-order valence-corrected chi connectivity index (χ4v) is 2.79. The van der Waals surface area contributed by atoms with Crippen molar-refractivity contribution in [1.29, 1.82) is 0 Å². The Hall–Kier alpha value is -1.87. The molecule has 3 nitrogen and oxygen atoms in total. The fraction of sp³-hybridized carbons (Fsp3) is 0.267. The van der Waals surface area contributed by atoms with E-state index in [4.69, 9.17) is 4.74 Å². The molecule has 0 radical (unpaired) electrons. The van der Waals surface area contributed by atoms with Crippen molar-refractivity contribution in [3.63, 3.8) is 0 Å². The molecule has 1 atom stereocenters. The summed E-state index contributed by atoms with van der Waals surface area (Å²) in [5.74, 6) is -0.0831. The van der Waals surface area contributed by atoms with Crippen molar-refractivity contribution in [2.24, 2.45) is 0 Å². The van der Waals surface area contributed by atoms with Crippen LogP contribution in [0.2, 0.25) is 0 Å². The molecular weight excluding hydrogens is 226 g/mol. The fourth-order valence-electron chi connectivity index (χ4n) is 2.79. The smallest absolute Gasteiger partial charge is 0.265 e. The van der Waals surface area contributed by atoms with Crippen LogP contribution in [0.4, 0.5) is 5.69 Å². The number of carbonyl (C=O) groups is 1. The van der Waals surface area contributed by atoms with E-state index in [9.17, 15) is 4.79 Å². The first-order valence-corrected chi connectivity index (χ1v) is 6.05. The predicted molar refractivity (Wildman–Crippen MR) is 70.2 cm³/mol. The summed E-state index contributed by atoms with van der Waals surface area (Å²) in [6, 6.07) is 7.71. The topological polar surface area (TPSA) is 38.3 Å². The molecule has 0 fully saturated rings. The number of allylic oxidation sites excluding steroid dienone is 1. The van der Waals surface area contributed by atoms with Gasteiger partial charge in [0.1, 0.15) is 0 Å². The van der Waals surface area contributed by atoms with Crippen LogP contribution < -0.4 is 5.32 Å². The molecule has 2 heterocycles. The molecule has 2 aliphatic rings. The first-order valence-electron chi connectivity index (χ1n) is 6.05. The van der Waals surface area contributed by atoms with Crippen molar-refractivity contribution in [2.45, 2.75) is 18.9 Å². The third-order valence-electron chi connectivity index (χ3n) is 3.79. The van der Waals surface area contributed by atoms with E-state index in [-0.39, 0.29) is 5.91 Å². The number of ether oxygens (including phenoxy) is 1. The monoisotopic (exact) mass is 241 g/mol. The van der Waals surface area contributed by atoms with E-state index in [0.717, 1.165) is 28.8 Å². The summed E-state index contributed by atoms with van der Waals surface area (Å²) in [4.78, 5) is 12.3. The summed E-state index contributed by atoms with van der Waals surface area (Å²) in [5.41, 5.74) is 3.02. The lowest BCUT2D eigenvalue weighted by atomic mass is 9.86. The Kier molecular flexibility index (Phi) is 2.38. The number of rotatable bonds is 2. The number of benzene rings is 1. The maximum atomic E-state index is 12.3. The number of hydrogen-bond donors (Lipinski definition) is 1. The van der Waals surface area contributed by atoms with Crippen LogP contribution in [0.5, 0.6) is 0 Å². The lowest BCUT2D eigenvalue weighted by Gasteiger charge is -2.23. The van der Waals surface area contributed by atoms with Crippen molar-refractivity contribution in [2.75, 3.05) is 11.9 Å². The molecule has 0 unspecified atom stereocenters. The maximum Gasteiger partial charge on any atom is 0.265 e. The van der Waals surface area contributed by atoms with Gasteiger partial charge in [-0.25, -0.2) is 0 Å². The Morgan fingerprint density at radius 3 is 3.06 bits per heavy atom. The van der Waals surface area contributed by atoms with Gasteiger partial charge in [-0.1, -0.05) is 24.3 Å². The summed E-state index contributed by atoms with van der Waals surface area (Å²) in [6.45, 7) is 6.23. The van der Waals surface area contributed by atoms with Crippen LogP contribution in [0.15, 0.2) is 48.1 Å². The molecule has 1 aromatic rings. The summed E-state index contributed by atoms with van der Waals surface area (Å²) in [7, 11) is 0. The molecule has 1 amide bonds. The van der Waals surface area contributed by atoms with E-state index < -0.39 is 5.60 Å². The molecule has 3 heteroatoms. The van der Waals surface area contributed by atoms with Crippen molar-refractivity contribution in [3.8, 4) is 0 Å². The van der Waals surface area contributed by atoms with Crippen molar-refractivity contribution in [3.05, 3.63) is 53.6 Å². The van der Waals surface area contributed by atoms with E-state index in [2.05, 4.69) is 11.9 Å². The van der Waals surface area contributed by atoms with Crippen molar-refractivity contribution >= 4 is 11.6 Å². The number of carbonyl (C=O) groups excluding carboxylic acids is 1. The molecule has 1 N–H and O–H groups in total. The van der Waals surface area contributed by atoms with Gasteiger partial charge >= 0.3 is 0 Å². The van der Waals surface area contributed by atoms with E-state index in [1.807, 2.05) is 37.3 Å². The molecule has 1 spiro atoms. The lowest BCUT2D eigenvalue weighted by molar-refractivity contribution is -0.133. The number of fused-ring (bicyclic) bond motifs is 2. The number of para-hydroxylation sites is 1. The van der Waals surface area contributed by atoms with E-state index in [1.54, 1.807) is 0 Å². The Morgan fingerprint density at radius 2 is 2.28 bits per heavy atom. The zero-order valence-corrected chi connectivity index (χ0v) is 10.3. The molecule has 0 aliphatic carbocycles. The first kappa shape index (κ1) is 11.2. The minimum Gasteiger partial charge on any atom is -0.352 e. The van der Waals surface area contributed by atoms with E-state index in [0.29, 0.717) is 6.61 Å². The van der Waals surface area contributed by atoms with Crippen LogP contribution in [0.3, 0.4) is 0 Å². The minimum atomic E-state index is -0.908. The Labute approximate surface area is 106 Å². The average Bonchev–Trinajstić information content (AvgIpc) is 2.84. The zero-order chi connectivity index (χ0) is 12.8. The molecule has 3 rings (SSSR count). The van der Waals surface area contributed by atoms with Crippen molar-refractivity contribution in [1.82, 2.24) is 0 Å². The Bertz CT molecular complexity index is 574. The quantitative estimate of drug-likeness (QED) is 0.808. The zero-order valence-electron chi connectivity index (χ0n) is 10.3. The van der Waals surface area contributed by atoms with Crippen LogP contribution in [0.1, 0.15) is 18.9 Å². The van der Waals surface area contributed by atoms with Gasteiger partial charge in [-0.05, 0) is 30.6 Å². The maximum absolute atomic E-state index is 12.3. The van der Waals surface area contributed by atoms with Crippen LogP contribution in [0.25, 0.3) is 0 Å². The van der Waals surface area contributed by atoms with Crippen LogP contribution in [-0.2, 0) is 15.1 Å². The normalized spacial score (nSPS) is 25.5. The lowest BCUT2D eigenvalue weighted by Crippen LogP contribution is -2.35. The molecular formula is C15H15NO2. The van der Waals surface area contributed by atoms with Crippen LogP contribution in [0, 0.1) is 0 Å². The molecule has 1 aromatic carbocycles. The van der Waals surface area contributed by atoms with E-state index in [1.165, 1.54) is 0 Å². The highest BCUT2D eigenvalue weighted by Gasteiger charge is 2.52. The molecule has 2 aliphatic heterocycles. The summed E-state index contributed by atoms with van der Waals surface area (Å²) >= 11 is 0. The minimum absolute atomic E-state index is 0.0831. The molecule has 18 heavy (non-hydrogen) atoms. The van der Waals surface area contributed by atoms with Crippen LogP contribution >= 0.6 is 0 Å². The van der Waals surface area contributed by atoms with E-state index >= 15 is 0 Å². The summed E-state index contributed by atoms with van der Waals surface area (Å²) in [6.07, 6.45) is 2.61. The van der Waals surface area contributed by atoms with Crippen LogP contribution in [-0.4, -0.2) is 12.5 Å². The third-order valence-corrected chi connectivity index (χ3v) is 3.79. The predicted octanol–water partition coefficient (Wildman–Crippen LogP) is 2.76. The molecule has 0 aromatic heterocycles. The highest BCUT2D eigenvalue weighted by Crippen LogP contribution is 2.48. The number of hydrogen-bond acceptors (Lipinski definition) is 2. The Balaban J connectivity index is 2.17. The van der Waals surface area contributed by atoms with Gasteiger partial charge in [0.25, 0.3) is 5.91 Å². The second kappa shape index (κ2) is 3.82. The second-order valence-electron chi connectivity index (χ2n) is 4.69. The largest absolute Gasteiger partial charge is 0.352 e. The number of nitrogens with one attached hydrogen (secondary N) is 1. The van der Waals surface area contributed by atoms with Gasteiger partial charge in [-0.2, -0.15) is 0 Å². The van der Waals surface area contributed by atoms with Gasteiger partial charge in [0.2, 0.25) is 0 Å². The summed E-state index contributed by atoms with van der Waals surface area (Å²) in [5, 5.41) is 2.90. The Morgan fingerprint density at radius 1 is 1.50 bits per heavy atom. The molecule has 92 valence electrons. The van der Waals surface area contributed by atoms with Gasteiger partial charge in [0.05, 0.1) is 6.61 Å². The van der Waals surface area contributed by atoms with Crippen molar-refractivity contribution < 1.29 is 9.53 Å². The molecule has 0 saturated carbocycles. The molecule has 0 bridgehead atoms. The standard InChI is InChI=1S/C15H15NO2/c1-3-6-11-9-18-15(10(11)2)12-7-4-5-8-13(12)16-14(15)17/h3-5,7-8H,1,6,9H2,2H3,(H,16,17)/t15-/m0/s1. The van der Waals surface area contributed by atoms with Gasteiger partial charge in [0.15, 0.2) is 5.60 Å². The first-order chi connectivity index (χ1) is 8.70. The van der Waals surface area contributed by atoms with Gasteiger partial charge in [-0.15, -0.1) is 6.58 Å². The second-order valence-corrected chi connectivity index (χ2v) is 4.69. The highest BCUT2D eigenvalue weighted by atomic mass is 16.5. The molecule has 0 saturated heterocycles. The third kappa shape index (κ3) is 1.25. The number of anilines is 1. The van der Waals surface area contributed by atoms with Gasteiger partial charge in [0, 0.05) is 11.3 Å². The highest BCUT2D eigenvalue weighted by molar-refractivity contribution is 6.07. The number of amides is 1. The summed E-state index contributed by atoms with van der Waals surface area (Å²) < 4.78 is 5.88. The SMILES string of the molecule is C=CCC1=C(C)[C@@]2(OC1)C(=O)Nc1ccccc12. The van der Waals surface area contributed by atoms with Gasteiger partial charge in [-0.3, -0.25) is 4.79 Å².